The van der Waals surface area contributed by atoms with Crippen LogP contribution in [0.5, 0.6) is 0 Å². The molecular formula is C20H29ClN2O3S. The first-order chi connectivity index (χ1) is 12.5. The van der Waals surface area contributed by atoms with Gasteiger partial charge < -0.3 is 14.0 Å². The Bertz CT molecular complexity index is 679. The summed E-state index contributed by atoms with van der Waals surface area (Å²) in [5.74, 6) is -0.889. The molecule has 1 aromatic carbocycles. The molecule has 1 unspecified atom stereocenters. The number of hydrogen-bond donors (Lipinski definition) is 1. The average molecular weight is 413 g/mol. The van der Waals surface area contributed by atoms with E-state index in [1.54, 1.807) is 0 Å². The van der Waals surface area contributed by atoms with Crippen molar-refractivity contribution in [3.05, 3.63) is 34.9 Å². The third-order valence-electron chi connectivity index (χ3n) is 4.75. The number of nitriles is 1. The van der Waals surface area contributed by atoms with Crippen molar-refractivity contribution in [2.45, 2.75) is 64.0 Å². The molecule has 1 saturated heterocycles. The van der Waals surface area contributed by atoms with E-state index in [9.17, 15) is 9.81 Å². The Kier molecular flexibility index (Phi) is 7.23. The largest absolute Gasteiger partial charge is 0.598 e. The molecule has 0 amide bonds. The van der Waals surface area contributed by atoms with Crippen LogP contribution in [-0.2, 0) is 26.6 Å². The van der Waals surface area contributed by atoms with Crippen molar-refractivity contribution in [2.24, 2.45) is 5.41 Å². The van der Waals surface area contributed by atoms with Crippen LogP contribution in [0.1, 0.15) is 53.0 Å². The smallest absolute Gasteiger partial charge is 0.195 e. The second-order valence-electron chi connectivity index (χ2n) is 8.38. The molecule has 1 N–H and O–H groups in total. The maximum absolute atomic E-state index is 12.6. The third-order valence-corrected chi connectivity index (χ3v) is 6.59. The van der Waals surface area contributed by atoms with E-state index in [1.165, 1.54) is 0 Å². The molecular weight excluding hydrogens is 384 g/mol. The van der Waals surface area contributed by atoms with Gasteiger partial charge in [0.15, 0.2) is 5.79 Å². The van der Waals surface area contributed by atoms with Crippen LogP contribution >= 0.6 is 11.6 Å². The monoisotopic (exact) mass is 412 g/mol. The summed E-state index contributed by atoms with van der Waals surface area (Å²) in [5, 5.41) is 10.2. The van der Waals surface area contributed by atoms with Crippen molar-refractivity contribution in [1.29, 1.82) is 5.26 Å². The molecule has 0 aromatic heterocycles. The molecule has 2 atom stereocenters. The zero-order valence-electron chi connectivity index (χ0n) is 16.7. The Morgan fingerprint density at radius 2 is 1.93 bits per heavy atom. The predicted octanol–water partition coefficient (Wildman–Crippen LogP) is 4.29. The number of nitrogens with zero attached hydrogens (tertiary/aromatic N) is 1. The van der Waals surface area contributed by atoms with E-state index in [-0.39, 0.29) is 6.04 Å². The highest BCUT2D eigenvalue weighted by molar-refractivity contribution is 7.90. The fourth-order valence-corrected chi connectivity index (χ4v) is 4.14. The minimum Gasteiger partial charge on any atom is -0.598 e. The van der Waals surface area contributed by atoms with Crippen molar-refractivity contribution in [3.8, 4) is 6.07 Å². The molecule has 1 heterocycles. The van der Waals surface area contributed by atoms with Crippen LogP contribution in [0.25, 0.3) is 0 Å². The molecule has 5 nitrogen and oxygen atoms in total. The van der Waals surface area contributed by atoms with E-state index in [0.717, 1.165) is 5.56 Å². The number of benzene rings is 1. The molecule has 0 bridgehead atoms. The van der Waals surface area contributed by atoms with E-state index >= 15 is 0 Å². The number of nitrogens with one attached hydrogen (secondary N) is 1. The van der Waals surface area contributed by atoms with Gasteiger partial charge in [-0.3, -0.25) is 0 Å². The lowest BCUT2D eigenvalue weighted by Gasteiger charge is -2.35. The minimum atomic E-state index is -1.28. The highest BCUT2D eigenvalue weighted by Gasteiger charge is 2.43. The Balaban J connectivity index is 2.22. The van der Waals surface area contributed by atoms with E-state index < -0.39 is 27.3 Å². The van der Waals surface area contributed by atoms with Crippen molar-refractivity contribution in [1.82, 2.24) is 4.72 Å². The molecule has 150 valence electrons. The number of halogens is 1. The zero-order valence-corrected chi connectivity index (χ0v) is 18.2. The summed E-state index contributed by atoms with van der Waals surface area (Å²) in [4.78, 5) is 0. The van der Waals surface area contributed by atoms with Crippen LogP contribution in [0.2, 0.25) is 5.02 Å². The van der Waals surface area contributed by atoms with Gasteiger partial charge in [-0.05, 0) is 53.2 Å². The van der Waals surface area contributed by atoms with Gasteiger partial charge >= 0.3 is 0 Å². The van der Waals surface area contributed by atoms with Crippen molar-refractivity contribution < 1.29 is 14.0 Å². The van der Waals surface area contributed by atoms with Gasteiger partial charge in [-0.1, -0.05) is 23.7 Å². The molecule has 1 aliphatic heterocycles. The normalized spacial score (nSPS) is 19.5. The molecule has 2 rings (SSSR count). The first kappa shape index (κ1) is 22.5. The lowest BCUT2D eigenvalue weighted by Crippen LogP contribution is -2.50. The average Bonchev–Trinajstić information content (AvgIpc) is 3.07. The number of ether oxygens (including phenoxy) is 2. The van der Waals surface area contributed by atoms with Crippen molar-refractivity contribution >= 4 is 23.0 Å². The summed E-state index contributed by atoms with van der Waals surface area (Å²) in [7, 11) is 0. The van der Waals surface area contributed by atoms with Gasteiger partial charge in [-0.25, -0.2) is 0 Å². The van der Waals surface area contributed by atoms with E-state index in [2.05, 4.69) is 10.8 Å². The Morgan fingerprint density at radius 1 is 1.30 bits per heavy atom. The molecule has 27 heavy (non-hydrogen) atoms. The molecule has 0 radical (unpaired) electrons. The molecule has 7 heteroatoms. The predicted molar refractivity (Wildman–Crippen MR) is 108 cm³/mol. The minimum absolute atomic E-state index is 0.286. The van der Waals surface area contributed by atoms with Crippen molar-refractivity contribution in [3.63, 3.8) is 0 Å². The number of rotatable bonds is 7. The highest BCUT2D eigenvalue weighted by atomic mass is 35.5. The maximum atomic E-state index is 12.6. The van der Waals surface area contributed by atoms with Gasteiger partial charge in [-0.2, -0.15) is 5.26 Å². The number of hydrogen-bond acceptors (Lipinski definition) is 5. The lowest BCUT2D eigenvalue weighted by atomic mass is 9.82. The second kappa shape index (κ2) is 8.69. The first-order valence-electron chi connectivity index (χ1n) is 9.13. The Labute approximate surface area is 170 Å². The topological polar surface area (TPSA) is 77.3 Å². The summed E-state index contributed by atoms with van der Waals surface area (Å²) in [6.07, 6.45) is 1.09. The zero-order chi connectivity index (χ0) is 20.3. The van der Waals surface area contributed by atoms with Crippen LogP contribution in [-0.4, -0.2) is 28.6 Å². The molecule has 0 saturated carbocycles. The van der Waals surface area contributed by atoms with Crippen LogP contribution in [0, 0.1) is 16.7 Å². The molecule has 1 aliphatic rings. The summed E-state index contributed by atoms with van der Waals surface area (Å²) < 4.78 is 27.3. The molecule has 1 fully saturated rings. The first-order valence-corrected chi connectivity index (χ1v) is 10.7. The van der Waals surface area contributed by atoms with Crippen LogP contribution in [0.4, 0.5) is 0 Å². The summed E-state index contributed by atoms with van der Waals surface area (Å²) >= 11 is 4.87. The molecule has 0 aliphatic carbocycles. The van der Waals surface area contributed by atoms with Crippen LogP contribution in [0.15, 0.2) is 24.3 Å². The van der Waals surface area contributed by atoms with E-state index in [0.29, 0.717) is 31.1 Å². The fourth-order valence-electron chi connectivity index (χ4n) is 2.92. The Morgan fingerprint density at radius 3 is 2.44 bits per heavy atom. The van der Waals surface area contributed by atoms with Gasteiger partial charge in [0.2, 0.25) is 0 Å². The summed E-state index contributed by atoms with van der Waals surface area (Å²) in [5.41, 5.74) is 0.160. The fraction of sp³-hybridized carbons (Fsp3) is 0.650. The second-order valence-corrected chi connectivity index (χ2v) is 10.8. The summed E-state index contributed by atoms with van der Waals surface area (Å²) in [6, 6.07) is 9.51. The highest BCUT2D eigenvalue weighted by Crippen LogP contribution is 2.39. The standard InChI is InChI=1S/C20H29ClN2O3S/c1-18(2,3)27(24)23-17(19(4,5)14-22)9-10-20(25-11-12-26-20)15-7-6-8-16(21)13-15/h6-8,13,17,23H,9-12H2,1-5H3/t17-,27?/m0/s1. The van der Waals surface area contributed by atoms with Gasteiger partial charge in [0, 0.05) is 28.4 Å². The van der Waals surface area contributed by atoms with Gasteiger partial charge in [-0.15, -0.1) is 4.72 Å². The van der Waals surface area contributed by atoms with Gasteiger partial charge in [0.1, 0.15) is 4.75 Å². The van der Waals surface area contributed by atoms with Crippen molar-refractivity contribution in [2.75, 3.05) is 13.2 Å². The maximum Gasteiger partial charge on any atom is 0.195 e. The van der Waals surface area contributed by atoms with E-state index in [4.69, 9.17) is 21.1 Å². The van der Waals surface area contributed by atoms with Gasteiger partial charge in [0.05, 0.1) is 30.7 Å². The molecule has 0 spiro atoms. The van der Waals surface area contributed by atoms with Gasteiger partial charge in [0.25, 0.3) is 0 Å². The van der Waals surface area contributed by atoms with Crippen LogP contribution < -0.4 is 4.72 Å². The third kappa shape index (κ3) is 5.60. The van der Waals surface area contributed by atoms with E-state index in [1.807, 2.05) is 58.9 Å². The lowest BCUT2D eigenvalue weighted by molar-refractivity contribution is -0.173. The summed E-state index contributed by atoms with van der Waals surface area (Å²) in [6.45, 7) is 10.4. The molecule has 1 aromatic rings. The quantitative estimate of drug-likeness (QED) is 0.676. The SMILES string of the molecule is CC(C)(C#N)[C@H](CCC1(c2cccc(Cl)c2)OCCO1)N[S+]([O-])C(C)(C)C. The van der Waals surface area contributed by atoms with Crippen LogP contribution in [0.3, 0.4) is 0 Å². The Hall–Kier alpha value is -0.810.